The highest BCUT2D eigenvalue weighted by Gasteiger charge is 2.33. The fourth-order valence-electron chi connectivity index (χ4n) is 4.35. The molecule has 0 bridgehead atoms. The Morgan fingerprint density at radius 1 is 0.941 bits per heavy atom. The number of halogens is 3. The summed E-state index contributed by atoms with van der Waals surface area (Å²) in [6.07, 6.45) is 0.335. The number of hydrogen-bond donors (Lipinski definition) is 0. The normalized spacial score (nSPS) is 13.6. The van der Waals surface area contributed by atoms with Gasteiger partial charge >= 0.3 is 6.18 Å². The molecule has 4 heterocycles. The van der Waals surface area contributed by atoms with Gasteiger partial charge in [0.05, 0.1) is 28.5 Å². The predicted molar refractivity (Wildman–Crippen MR) is 119 cm³/mol. The highest BCUT2D eigenvalue weighted by Crippen LogP contribution is 2.32. The van der Waals surface area contributed by atoms with Crippen LogP contribution in [-0.4, -0.2) is 36.4 Å². The molecule has 7 nitrogen and oxygen atoms in total. The Morgan fingerprint density at radius 3 is 2.53 bits per heavy atom. The zero-order valence-electron chi connectivity index (χ0n) is 17.6. The van der Waals surface area contributed by atoms with Gasteiger partial charge < -0.3 is 9.13 Å². The third-order valence-electron chi connectivity index (χ3n) is 5.91. The number of carbonyl (C=O) groups excluding carboxylic acids is 1. The summed E-state index contributed by atoms with van der Waals surface area (Å²) in [6.45, 7) is 1.04. The maximum atomic E-state index is 13.7. The van der Waals surface area contributed by atoms with Crippen LogP contribution < -0.4 is 4.90 Å². The van der Waals surface area contributed by atoms with E-state index in [4.69, 9.17) is 0 Å². The van der Waals surface area contributed by atoms with Crippen LogP contribution in [0, 0.1) is 0 Å². The monoisotopic (exact) mass is 462 g/mol. The molecule has 5 aromatic rings. The van der Waals surface area contributed by atoms with E-state index in [-0.39, 0.29) is 17.2 Å². The number of para-hydroxylation sites is 2. The number of aromatic nitrogens is 5. The van der Waals surface area contributed by atoms with Gasteiger partial charge in [0, 0.05) is 25.5 Å². The molecule has 0 aliphatic carbocycles. The molecule has 0 saturated carbocycles. The molecule has 10 heteroatoms. The number of carbonyl (C=O) groups is 1. The minimum absolute atomic E-state index is 0.200. The van der Waals surface area contributed by atoms with Gasteiger partial charge in [-0.05, 0) is 42.5 Å². The molecule has 0 unspecified atom stereocenters. The van der Waals surface area contributed by atoms with Crippen molar-refractivity contribution >= 4 is 22.9 Å². The largest absolute Gasteiger partial charge is 0.416 e. The summed E-state index contributed by atoms with van der Waals surface area (Å²) in [5.74, 6) is 0.566. The van der Waals surface area contributed by atoms with Crippen molar-refractivity contribution in [1.29, 1.82) is 0 Å². The average Bonchev–Trinajstić information content (AvgIpc) is 3.61. The van der Waals surface area contributed by atoms with E-state index in [9.17, 15) is 18.0 Å². The Balaban J connectivity index is 1.47. The van der Waals surface area contributed by atoms with Crippen LogP contribution in [0.3, 0.4) is 0 Å². The average molecular weight is 462 g/mol. The van der Waals surface area contributed by atoms with Gasteiger partial charge in [-0.2, -0.15) is 18.3 Å². The highest BCUT2D eigenvalue weighted by molar-refractivity contribution is 6.08. The third kappa shape index (κ3) is 3.10. The molecule has 6 rings (SSSR count). The molecule has 0 saturated heterocycles. The first-order valence-electron chi connectivity index (χ1n) is 10.6. The Labute approximate surface area is 191 Å². The molecule has 2 aromatic carbocycles. The lowest BCUT2D eigenvalue weighted by molar-refractivity contribution is -0.137. The van der Waals surface area contributed by atoms with Crippen molar-refractivity contribution in [2.75, 3.05) is 11.4 Å². The van der Waals surface area contributed by atoms with E-state index in [0.29, 0.717) is 24.9 Å². The maximum Gasteiger partial charge on any atom is 0.416 e. The molecular formula is C24H17F3N6O. The van der Waals surface area contributed by atoms with E-state index in [1.165, 1.54) is 23.0 Å². The van der Waals surface area contributed by atoms with Gasteiger partial charge in [-0.15, -0.1) is 0 Å². The zero-order valence-corrected chi connectivity index (χ0v) is 17.6. The zero-order chi connectivity index (χ0) is 23.4. The maximum absolute atomic E-state index is 13.7. The predicted octanol–water partition coefficient (Wildman–Crippen LogP) is 4.69. The van der Waals surface area contributed by atoms with Gasteiger partial charge in [0.1, 0.15) is 5.56 Å². The molecule has 170 valence electrons. The van der Waals surface area contributed by atoms with Crippen LogP contribution in [0.2, 0.25) is 0 Å². The minimum Gasteiger partial charge on any atom is -0.308 e. The molecule has 0 N–H and O–H groups in total. The van der Waals surface area contributed by atoms with Gasteiger partial charge in [-0.1, -0.05) is 18.2 Å². The van der Waals surface area contributed by atoms with E-state index in [2.05, 4.69) is 10.1 Å². The number of imidazole rings is 1. The SMILES string of the molecule is O=C(c1cnn(-c2cccc(C(F)(F)F)c2)c1-n1cccc1)N1CCn2c1nc1ccccc12. The van der Waals surface area contributed by atoms with Gasteiger partial charge in [0.2, 0.25) is 5.95 Å². The molecule has 0 fully saturated rings. The first-order valence-corrected chi connectivity index (χ1v) is 10.6. The quantitative estimate of drug-likeness (QED) is 0.391. The number of amides is 1. The number of hydrogen-bond acceptors (Lipinski definition) is 3. The Hall–Kier alpha value is -4.34. The van der Waals surface area contributed by atoms with Crippen molar-refractivity contribution in [3.8, 4) is 11.5 Å². The van der Waals surface area contributed by atoms with E-state index in [0.717, 1.165) is 23.2 Å². The topological polar surface area (TPSA) is 60.9 Å². The van der Waals surface area contributed by atoms with E-state index in [1.807, 2.05) is 28.8 Å². The smallest absolute Gasteiger partial charge is 0.308 e. The molecule has 1 aliphatic rings. The van der Waals surface area contributed by atoms with E-state index in [1.54, 1.807) is 34.0 Å². The van der Waals surface area contributed by atoms with E-state index < -0.39 is 11.7 Å². The molecular weight excluding hydrogens is 445 g/mol. The molecule has 0 atom stereocenters. The number of rotatable bonds is 3. The van der Waals surface area contributed by atoms with Crippen LogP contribution in [0.1, 0.15) is 15.9 Å². The Bertz CT molecular complexity index is 1530. The second-order valence-electron chi connectivity index (χ2n) is 7.94. The molecule has 3 aromatic heterocycles. The molecule has 1 amide bonds. The second-order valence-corrected chi connectivity index (χ2v) is 7.94. The lowest BCUT2D eigenvalue weighted by Gasteiger charge is -2.16. The first kappa shape index (κ1) is 20.3. The van der Waals surface area contributed by atoms with Gasteiger partial charge in [0.15, 0.2) is 5.82 Å². The van der Waals surface area contributed by atoms with Crippen LogP contribution >= 0.6 is 0 Å². The number of benzene rings is 2. The summed E-state index contributed by atoms with van der Waals surface area (Å²) >= 11 is 0. The third-order valence-corrected chi connectivity index (χ3v) is 5.91. The highest BCUT2D eigenvalue weighted by atomic mass is 19.4. The van der Waals surface area contributed by atoms with Crippen molar-refractivity contribution in [3.05, 3.63) is 90.4 Å². The fraction of sp³-hybridized carbons (Fsp3) is 0.125. The lowest BCUT2D eigenvalue weighted by Crippen LogP contribution is -2.30. The number of nitrogens with zero attached hydrogens (tertiary/aromatic N) is 6. The Morgan fingerprint density at radius 2 is 1.74 bits per heavy atom. The van der Waals surface area contributed by atoms with Crippen LogP contribution in [-0.2, 0) is 12.7 Å². The van der Waals surface area contributed by atoms with Crippen molar-refractivity contribution < 1.29 is 18.0 Å². The summed E-state index contributed by atoms with van der Waals surface area (Å²) < 4.78 is 45.0. The summed E-state index contributed by atoms with van der Waals surface area (Å²) in [5, 5.41) is 4.31. The fourth-order valence-corrected chi connectivity index (χ4v) is 4.35. The summed E-state index contributed by atoms with van der Waals surface area (Å²) in [6, 6.07) is 16.1. The molecule has 0 spiro atoms. The van der Waals surface area contributed by atoms with Crippen molar-refractivity contribution in [1.82, 2.24) is 23.9 Å². The molecule has 34 heavy (non-hydrogen) atoms. The minimum atomic E-state index is -4.50. The first-order chi connectivity index (χ1) is 16.4. The molecule has 0 radical (unpaired) electrons. The number of alkyl halides is 3. The Kier molecular flexibility index (Phi) is 4.38. The molecule has 1 aliphatic heterocycles. The number of fused-ring (bicyclic) bond motifs is 3. The van der Waals surface area contributed by atoms with Crippen LogP contribution in [0.25, 0.3) is 22.5 Å². The van der Waals surface area contributed by atoms with Gasteiger partial charge in [0.25, 0.3) is 5.91 Å². The van der Waals surface area contributed by atoms with Crippen LogP contribution in [0.4, 0.5) is 19.1 Å². The second kappa shape index (κ2) is 7.34. The van der Waals surface area contributed by atoms with E-state index >= 15 is 0 Å². The van der Waals surface area contributed by atoms with Gasteiger partial charge in [-0.25, -0.2) is 9.67 Å². The van der Waals surface area contributed by atoms with Crippen molar-refractivity contribution in [3.63, 3.8) is 0 Å². The van der Waals surface area contributed by atoms with Crippen LogP contribution in [0.15, 0.2) is 79.3 Å². The summed E-state index contributed by atoms with van der Waals surface area (Å²) in [5.41, 5.74) is 1.40. The summed E-state index contributed by atoms with van der Waals surface area (Å²) in [7, 11) is 0. The van der Waals surface area contributed by atoms with Crippen molar-refractivity contribution in [2.45, 2.75) is 12.7 Å². The van der Waals surface area contributed by atoms with Crippen molar-refractivity contribution in [2.24, 2.45) is 0 Å². The lowest BCUT2D eigenvalue weighted by atomic mass is 10.2. The summed E-state index contributed by atoms with van der Waals surface area (Å²) in [4.78, 5) is 19.9. The van der Waals surface area contributed by atoms with Crippen LogP contribution in [0.5, 0.6) is 0 Å². The standard InChI is InChI=1S/C24H17F3N6O/c25-24(26,27)16-6-5-7-17(14-16)33-21(30-10-3-4-11-30)18(15-28-33)22(34)32-13-12-31-20-9-2-1-8-19(20)29-23(31)32/h1-11,14-15H,12-13H2. The number of anilines is 1. The van der Waals surface area contributed by atoms with Gasteiger partial charge in [-0.3, -0.25) is 9.69 Å².